The van der Waals surface area contributed by atoms with E-state index in [2.05, 4.69) is 8.83 Å². The van der Waals surface area contributed by atoms with Crippen LogP contribution in [-0.4, -0.2) is 33.5 Å². The second-order valence-corrected chi connectivity index (χ2v) is 6.84. The SMILES string of the molecule is CC1CC(COP(=O)(O)OP(=O)(O)O)OC1C. The average Bonchev–Trinajstić information content (AvgIpc) is 2.39. The van der Waals surface area contributed by atoms with Crippen LogP contribution in [0.3, 0.4) is 0 Å². The molecule has 3 N–H and O–H groups in total. The smallest absolute Gasteiger partial charge is 0.373 e. The molecule has 0 aromatic rings. The molecule has 4 unspecified atom stereocenters. The van der Waals surface area contributed by atoms with Gasteiger partial charge >= 0.3 is 15.6 Å². The Morgan fingerprint density at radius 1 is 1.29 bits per heavy atom. The maximum atomic E-state index is 11.1. The van der Waals surface area contributed by atoms with Crippen molar-refractivity contribution in [1.82, 2.24) is 0 Å². The number of rotatable bonds is 5. The molecule has 0 saturated carbocycles. The van der Waals surface area contributed by atoms with E-state index < -0.39 is 15.6 Å². The van der Waals surface area contributed by atoms with E-state index in [1.807, 2.05) is 13.8 Å². The van der Waals surface area contributed by atoms with Gasteiger partial charge in [-0.15, -0.1) is 0 Å². The minimum absolute atomic E-state index is 0.0179. The Morgan fingerprint density at radius 2 is 1.88 bits per heavy atom. The molecule has 4 atom stereocenters. The second-order valence-electron chi connectivity index (χ2n) is 4.01. The normalized spacial score (nSPS) is 33.6. The van der Waals surface area contributed by atoms with Gasteiger partial charge in [-0.1, -0.05) is 6.92 Å². The Hall–Kier alpha value is 0.220. The summed E-state index contributed by atoms with van der Waals surface area (Å²) in [6.45, 7) is 3.59. The van der Waals surface area contributed by atoms with Crippen LogP contribution in [0.5, 0.6) is 0 Å². The second kappa shape index (κ2) is 5.47. The maximum absolute atomic E-state index is 11.1. The highest BCUT2D eigenvalue weighted by atomic mass is 31.3. The topological polar surface area (TPSA) is 123 Å². The summed E-state index contributed by atoms with van der Waals surface area (Å²) in [5.41, 5.74) is 0. The van der Waals surface area contributed by atoms with Crippen LogP contribution in [0, 0.1) is 5.92 Å². The molecule has 0 spiro atoms. The van der Waals surface area contributed by atoms with E-state index in [4.69, 9.17) is 19.4 Å². The predicted octanol–water partition coefficient (Wildman–Crippen LogP) is 1.03. The van der Waals surface area contributed by atoms with Crippen molar-refractivity contribution >= 4 is 15.6 Å². The average molecular weight is 290 g/mol. The Morgan fingerprint density at radius 3 is 2.29 bits per heavy atom. The van der Waals surface area contributed by atoms with Crippen LogP contribution in [-0.2, 0) is 22.7 Å². The van der Waals surface area contributed by atoms with E-state index in [0.717, 1.165) is 0 Å². The van der Waals surface area contributed by atoms with Crippen molar-refractivity contribution in [3.8, 4) is 0 Å². The van der Waals surface area contributed by atoms with Crippen molar-refractivity contribution < 1.29 is 37.4 Å². The molecule has 0 aliphatic carbocycles. The molecule has 1 saturated heterocycles. The van der Waals surface area contributed by atoms with Gasteiger partial charge in [-0.3, -0.25) is 4.52 Å². The number of hydrogen-bond donors (Lipinski definition) is 3. The summed E-state index contributed by atoms with van der Waals surface area (Å²) in [5, 5.41) is 0. The maximum Gasteiger partial charge on any atom is 0.481 e. The van der Waals surface area contributed by atoms with Gasteiger partial charge in [0.1, 0.15) is 0 Å². The summed E-state index contributed by atoms with van der Waals surface area (Å²) in [6.07, 6.45) is 0.294. The Balaban J connectivity index is 2.41. The summed E-state index contributed by atoms with van der Waals surface area (Å²) < 4.78 is 35.0. The molecular weight excluding hydrogens is 274 g/mol. The molecule has 0 amide bonds. The molecule has 1 aliphatic rings. The summed E-state index contributed by atoms with van der Waals surface area (Å²) in [7, 11) is -9.80. The van der Waals surface area contributed by atoms with Gasteiger partial charge in [-0.25, -0.2) is 9.13 Å². The van der Waals surface area contributed by atoms with Gasteiger partial charge in [-0.2, -0.15) is 4.31 Å². The van der Waals surface area contributed by atoms with Crippen LogP contribution >= 0.6 is 15.6 Å². The van der Waals surface area contributed by atoms with E-state index >= 15 is 0 Å². The largest absolute Gasteiger partial charge is 0.481 e. The van der Waals surface area contributed by atoms with Crippen LogP contribution in [0.15, 0.2) is 0 Å². The fourth-order valence-electron chi connectivity index (χ4n) is 1.54. The molecule has 0 aromatic carbocycles. The highest BCUT2D eigenvalue weighted by molar-refractivity contribution is 7.60. The molecule has 1 aliphatic heterocycles. The molecule has 17 heavy (non-hydrogen) atoms. The highest BCUT2D eigenvalue weighted by Crippen LogP contribution is 2.57. The lowest BCUT2D eigenvalue weighted by Gasteiger charge is -2.15. The van der Waals surface area contributed by atoms with Crippen LogP contribution < -0.4 is 0 Å². The zero-order valence-electron chi connectivity index (χ0n) is 9.42. The predicted molar refractivity (Wildman–Crippen MR) is 57.0 cm³/mol. The Bertz CT molecular complexity index is 342. The van der Waals surface area contributed by atoms with E-state index in [0.29, 0.717) is 12.3 Å². The summed E-state index contributed by atoms with van der Waals surface area (Å²) in [5.74, 6) is 0.296. The van der Waals surface area contributed by atoms with Gasteiger partial charge in [0.05, 0.1) is 18.8 Å². The first-order valence-corrected chi connectivity index (χ1v) is 8.01. The molecule has 0 bridgehead atoms. The third-order valence-electron chi connectivity index (χ3n) is 2.48. The van der Waals surface area contributed by atoms with Crippen molar-refractivity contribution in [2.45, 2.75) is 32.5 Å². The molecule has 1 fully saturated rings. The molecule has 102 valence electrons. The molecule has 0 radical (unpaired) electrons. The molecule has 0 aromatic heterocycles. The minimum Gasteiger partial charge on any atom is -0.373 e. The van der Waals surface area contributed by atoms with Crippen LogP contribution in [0.1, 0.15) is 20.3 Å². The fourth-order valence-corrected chi connectivity index (χ4v) is 3.16. The summed E-state index contributed by atoms with van der Waals surface area (Å²) >= 11 is 0. The van der Waals surface area contributed by atoms with E-state index in [9.17, 15) is 9.13 Å². The molecule has 1 rings (SSSR count). The fraction of sp³-hybridized carbons (Fsp3) is 1.00. The van der Waals surface area contributed by atoms with Gasteiger partial charge < -0.3 is 19.4 Å². The lowest BCUT2D eigenvalue weighted by atomic mass is 10.0. The first kappa shape index (κ1) is 15.3. The Labute approximate surface area is 98.7 Å². The summed E-state index contributed by atoms with van der Waals surface area (Å²) in [4.78, 5) is 25.8. The molecule has 8 nitrogen and oxygen atoms in total. The number of hydrogen-bond acceptors (Lipinski definition) is 5. The minimum atomic E-state index is -5.05. The van der Waals surface area contributed by atoms with Gasteiger partial charge in [0.15, 0.2) is 0 Å². The third kappa shape index (κ3) is 5.59. The van der Waals surface area contributed by atoms with Crippen molar-refractivity contribution in [1.29, 1.82) is 0 Å². The standard InChI is InChI=1S/C7H16O8P2/c1-5-3-7(14-6(5)2)4-13-17(11,12)15-16(8,9)10/h5-7H,3-4H2,1-2H3,(H,11,12)(H2,8,9,10). The van der Waals surface area contributed by atoms with Crippen molar-refractivity contribution in [2.24, 2.45) is 5.92 Å². The first-order chi connectivity index (χ1) is 7.59. The summed E-state index contributed by atoms with van der Waals surface area (Å²) in [6, 6.07) is 0. The van der Waals surface area contributed by atoms with Gasteiger partial charge in [0, 0.05) is 0 Å². The van der Waals surface area contributed by atoms with E-state index in [1.165, 1.54) is 0 Å². The third-order valence-corrected chi connectivity index (χ3v) is 4.63. The number of phosphoric ester groups is 1. The molecule has 10 heteroatoms. The number of phosphoric acid groups is 2. The van der Waals surface area contributed by atoms with E-state index in [1.54, 1.807) is 0 Å². The lowest BCUT2D eigenvalue weighted by molar-refractivity contribution is 0.0139. The van der Waals surface area contributed by atoms with Crippen LogP contribution in [0.25, 0.3) is 0 Å². The quantitative estimate of drug-likeness (QED) is 0.641. The zero-order chi connectivity index (χ0) is 13.3. The molecule has 1 heterocycles. The molecular formula is C7H16O8P2. The lowest BCUT2D eigenvalue weighted by Crippen LogP contribution is -2.15. The van der Waals surface area contributed by atoms with Gasteiger partial charge in [0.2, 0.25) is 0 Å². The Kier molecular flexibility index (Phi) is 4.91. The monoisotopic (exact) mass is 290 g/mol. The van der Waals surface area contributed by atoms with Crippen molar-refractivity contribution in [3.63, 3.8) is 0 Å². The first-order valence-electron chi connectivity index (χ1n) is 4.99. The van der Waals surface area contributed by atoms with Gasteiger partial charge in [0.25, 0.3) is 0 Å². The van der Waals surface area contributed by atoms with Crippen LogP contribution in [0.2, 0.25) is 0 Å². The van der Waals surface area contributed by atoms with Crippen molar-refractivity contribution in [2.75, 3.05) is 6.61 Å². The van der Waals surface area contributed by atoms with Gasteiger partial charge in [-0.05, 0) is 19.3 Å². The highest BCUT2D eigenvalue weighted by Gasteiger charge is 2.35. The zero-order valence-corrected chi connectivity index (χ0v) is 11.2. The van der Waals surface area contributed by atoms with E-state index in [-0.39, 0.29) is 18.8 Å². The van der Waals surface area contributed by atoms with Crippen molar-refractivity contribution in [3.05, 3.63) is 0 Å². The van der Waals surface area contributed by atoms with Crippen LogP contribution in [0.4, 0.5) is 0 Å². The number of ether oxygens (including phenoxy) is 1.